The van der Waals surface area contributed by atoms with Gasteiger partial charge in [-0.05, 0) is 58.2 Å². The highest BCUT2D eigenvalue weighted by molar-refractivity contribution is 5.84. The minimum atomic E-state index is -0.489. The summed E-state index contributed by atoms with van der Waals surface area (Å²) in [6.45, 7) is 7.51. The van der Waals surface area contributed by atoms with Crippen molar-refractivity contribution in [3.8, 4) is 0 Å². The van der Waals surface area contributed by atoms with Crippen molar-refractivity contribution < 1.29 is 9.53 Å². The summed E-state index contributed by atoms with van der Waals surface area (Å²) in [5, 5.41) is 2.73. The zero-order valence-electron chi connectivity index (χ0n) is 12.2. The number of hydrogen-bond donors (Lipinski definition) is 2. The van der Waals surface area contributed by atoms with Crippen LogP contribution in [0.25, 0.3) is 0 Å². The van der Waals surface area contributed by atoms with Crippen molar-refractivity contribution in [2.45, 2.75) is 52.2 Å². The maximum absolute atomic E-state index is 11.7. The molecular formula is C15H24N2O2. The van der Waals surface area contributed by atoms with Gasteiger partial charge in [0.1, 0.15) is 5.60 Å². The lowest BCUT2D eigenvalue weighted by Crippen LogP contribution is -2.27. The third kappa shape index (κ3) is 6.82. The Balaban J connectivity index is 2.59. The summed E-state index contributed by atoms with van der Waals surface area (Å²) in [6, 6.07) is 7.93. The van der Waals surface area contributed by atoms with Gasteiger partial charge in [0.2, 0.25) is 0 Å². The lowest BCUT2D eigenvalue weighted by molar-refractivity contribution is 0.0636. The third-order valence-electron chi connectivity index (χ3n) is 2.46. The fourth-order valence-corrected chi connectivity index (χ4v) is 1.62. The zero-order valence-corrected chi connectivity index (χ0v) is 12.2. The van der Waals surface area contributed by atoms with E-state index in [1.165, 1.54) is 0 Å². The Morgan fingerprint density at radius 1 is 1.42 bits per heavy atom. The van der Waals surface area contributed by atoms with Crippen LogP contribution in [0.3, 0.4) is 0 Å². The van der Waals surface area contributed by atoms with Crippen molar-refractivity contribution in [2.24, 2.45) is 5.73 Å². The molecular weight excluding hydrogens is 240 g/mol. The molecule has 106 valence electrons. The van der Waals surface area contributed by atoms with Crippen LogP contribution in [0, 0.1) is 0 Å². The molecule has 0 aliphatic heterocycles. The Bertz CT molecular complexity index is 422. The zero-order chi connectivity index (χ0) is 14.5. The first kappa shape index (κ1) is 15.5. The van der Waals surface area contributed by atoms with Crippen LogP contribution in [-0.4, -0.2) is 17.7 Å². The number of nitrogens with one attached hydrogen (secondary N) is 1. The highest BCUT2D eigenvalue weighted by Gasteiger charge is 2.16. The molecule has 1 atom stereocenters. The number of carbonyl (C=O) groups excluding carboxylic acids is 1. The molecule has 0 spiro atoms. The van der Waals surface area contributed by atoms with Crippen LogP contribution < -0.4 is 11.1 Å². The van der Waals surface area contributed by atoms with Crippen molar-refractivity contribution in [3.05, 3.63) is 29.8 Å². The summed E-state index contributed by atoms with van der Waals surface area (Å²) < 4.78 is 5.21. The summed E-state index contributed by atoms with van der Waals surface area (Å²) in [5.41, 5.74) is 7.15. The second-order valence-corrected chi connectivity index (χ2v) is 5.84. The molecule has 1 aromatic rings. The average molecular weight is 264 g/mol. The molecule has 0 aromatic heterocycles. The summed E-state index contributed by atoms with van der Waals surface area (Å²) in [6.07, 6.45) is 1.40. The molecule has 1 aromatic carbocycles. The topological polar surface area (TPSA) is 64.3 Å². The van der Waals surface area contributed by atoms with Gasteiger partial charge in [-0.25, -0.2) is 4.79 Å². The smallest absolute Gasteiger partial charge is 0.412 e. The van der Waals surface area contributed by atoms with E-state index in [1.54, 1.807) is 0 Å². The van der Waals surface area contributed by atoms with Crippen molar-refractivity contribution in [1.29, 1.82) is 0 Å². The number of hydrogen-bond acceptors (Lipinski definition) is 3. The molecule has 0 fully saturated rings. The average Bonchev–Trinajstić information content (AvgIpc) is 2.24. The van der Waals surface area contributed by atoms with Crippen molar-refractivity contribution >= 4 is 11.8 Å². The minimum Gasteiger partial charge on any atom is -0.444 e. The second-order valence-electron chi connectivity index (χ2n) is 5.84. The molecule has 19 heavy (non-hydrogen) atoms. The number of benzene rings is 1. The number of ether oxygens (including phenoxy) is 1. The number of carbonyl (C=O) groups is 1. The van der Waals surface area contributed by atoms with Crippen LogP contribution in [0.15, 0.2) is 24.3 Å². The Labute approximate surface area is 115 Å². The lowest BCUT2D eigenvalue weighted by atomic mass is 10.1. The lowest BCUT2D eigenvalue weighted by Gasteiger charge is -2.19. The third-order valence-corrected chi connectivity index (χ3v) is 2.46. The highest BCUT2D eigenvalue weighted by atomic mass is 16.6. The Morgan fingerprint density at radius 3 is 2.68 bits per heavy atom. The summed E-state index contributed by atoms with van der Waals surface area (Å²) in [4.78, 5) is 11.7. The molecule has 0 radical (unpaired) electrons. The molecule has 0 saturated heterocycles. The number of aryl methyl sites for hydroxylation is 1. The van der Waals surface area contributed by atoms with Gasteiger partial charge in [0.05, 0.1) is 0 Å². The van der Waals surface area contributed by atoms with E-state index < -0.39 is 11.7 Å². The standard InChI is InChI=1S/C15H24N2O2/c1-11(16)8-9-12-6-5-7-13(10-12)17-14(18)19-15(2,3)4/h5-7,10-11H,8-9,16H2,1-4H3,(H,17,18). The van der Waals surface area contributed by atoms with Crippen LogP contribution in [0.5, 0.6) is 0 Å². The highest BCUT2D eigenvalue weighted by Crippen LogP contribution is 2.15. The first-order chi connectivity index (χ1) is 8.76. The maximum Gasteiger partial charge on any atom is 0.412 e. The molecule has 4 nitrogen and oxygen atoms in total. The number of rotatable bonds is 4. The van der Waals surface area contributed by atoms with Crippen LogP contribution in [0.2, 0.25) is 0 Å². The molecule has 0 heterocycles. The quantitative estimate of drug-likeness (QED) is 0.876. The molecule has 0 aliphatic carbocycles. The molecule has 4 heteroatoms. The molecule has 1 unspecified atom stereocenters. The fraction of sp³-hybridized carbons (Fsp3) is 0.533. The van der Waals surface area contributed by atoms with Gasteiger partial charge in [-0.2, -0.15) is 0 Å². The molecule has 0 saturated carbocycles. The maximum atomic E-state index is 11.7. The van der Waals surface area contributed by atoms with Crippen molar-refractivity contribution in [3.63, 3.8) is 0 Å². The predicted molar refractivity (Wildman–Crippen MR) is 78.3 cm³/mol. The van der Waals surface area contributed by atoms with Gasteiger partial charge in [-0.1, -0.05) is 12.1 Å². The van der Waals surface area contributed by atoms with Gasteiger partial charge in [0.15, 0.2) is 0 Å². The van der Waals surface area contributed by atoms with Crippen molar-refractivity contribution in [1.82, 2.24) is 0 Å². The van der Waals surface area contributed by atoms with Gasteiger partial charge in [0.25, 0.3) is 0 Å². The molecule has 1 amide bonds. The van der Waals surface area contributed by atoms with Crippen LogP contribution >= 0.6 is 0 Å². The van der Waals surface area contributed by atoms with Crippen LogP contribution in [-0.2, 0) is 11.2 Å². The molecule has 3 N–H and O–H groups in total. The number of amides is 1. The van der Waals surface area contributed by atoms with Gasteiger partial charge in [-0.15, -0.1) is 0 Å². The summed E-state index contributed by atoms with van der Waals surface area (Å²) in [7, 11) is 0. The predicted octanol–water partition coefficient (Wildman–Crippen LogP) is 3.31. The van der Waals surface area contributed by atoms with Crippen molar-refractivity contribution in [2.75, 3.05) is 5.32 Å². The minimum absolute atomic E-state index is 0.183. The van der Waals surface area contributed by atoms with E-state index in [-0.39, 0.29) is 6.04 Å². The molecule has 1 rings (SSSR count). The molecule has 0 bridgehead atoms. The molecule has 0 aliphatic rings. The van der Waals surface area contributed by atoms with Gasteiger partial charge >= 0.3 is 6.09 Å². The van der Waals surface area contributed by atoms with Crippen LogP contribution in [0.1, 0.15) is 39.7 Å². The monoisotopic (exact) mass is 264 g/mol. The Morgan fingerprint density at radius 2 is 2.11 bits per heavy atom. The van der Waals surface area contributed by atoms with Gasteiger partial charge < -0.3 is 10.5 Å². The van der Waals surface area contributed by atoms with Gasteiger partial charge in [-0.3, -0.25) is 5.32 Å². The van der Waals surface area contributed by atoms with Crippen LogP contribution in [0.4, 0.5) is 10.5 Å². The largest absolute Gasteiger partial charge is 0.444 e. The summed E-state index contributed by atoms with van der Waals surface area (Å²) in [5.74, 6) is 0. The van der Waals surface area contributed by atoms with E-state index in [0.29, 0.717) is 0 Å². The summed E-state index contributed by atoms with van der Waals surface area (Å²) >= 11 is 0. The number of nitrogens with two attached hydrogens (primary N) is 1. The SMILES string of the molecule is CC(N)CCc1cccc(NC(=O)OC(C)(C)C)c1. The Hall–Kier alpha value is -1.55. The second kappa shape index (κ2) is 6.57. The van der Waals surface area contributed by atoms with E-state index in [9.17, 15) is 4.79 Å². The van der Waals surface area contributed by atoms with E-state index in [0.717, 1.165) is 24.1 Å². The Kier molecular flexibility index (Phi) is 5.36. The van der Waals surface area contributed by atoms with E-state index >= 15 is 0 Å². The first-order valence-electron chi connectivity index (χ1n) is 6.61. The first-order valence-corrected chi connectivity index (χ1v) is 6.61. The van der Waals surface area contributed by atoms with E-state index in [1.807, 2.05) is 52.0 Å². The number of anilines is 1. The fourth-order valence-electron chi connectivity index (χ4n) is 1.62. The van der Waals surface area contributed by atoms with E-state index in [4.69, 9.17) is 10.5 Å². The van der Waals surface area contributed by atoms with Gasteiger partial charge in [0, 0.05) is 11.7 Å². The van der Waals surface area contributed by atoms with E-state index in [2.05, 4.69) is 5.32 Å². The normalized spacial score (nSPS) is 12.9.